The van der Waals surface area contributed by atoms with E-state index in [2.05, 4.69) is 5.32 Å². The van der Waals surface area contributed by atoms with Crippen LogP contribution in [0.2, 0.25) is 0 Å². The van der Waals surface area contributed by atoms with E-state index < -0.39 is 23.9 Å². The number of carbonyl (C=O) groups excluding carboxylic acids is 1. The molecule has 0 spiro atoms. The van der Waals surface area contributed by atoms with Crippen LogP contribution in [-0.4, -0.2) is 52.7 Å². The number of rotatable bonds is 8. The number of hydrogen-bond acceptors (Lipinski definition) is 5. The Bertz CT molecular complexity index is 516. The Labute approximate surface area is 125 Å². The molecule has 0 heterocycles. The van der Waals surface area contributed by atoms with Crippen LogP contribution in [0.15, 0.2) is 24.3 Å². The second kappa shape index (κ2) is 8.15. The molecule has 7 nitrogen and oxygen atoms in total. The van der Waals surface area contributed by atoms with E-state index in [1.165, 1.54) is 19.2 Å². The van der Waals surface area contributed by atoms with Crippen molar-refractivity contribution in [1.29, 1.82) is 0 Å². The molecule has 1 aromatic rings. The maximum absolute atomic E-state index is 11.9. The van der Waals surface area contributed by atoms with Crippen LogP contribution in [0.25, 0.3) is 0 Å². The summed E-state index contributed by atoms with van der Waals surface area (Å²) >= 11 is 0.926. The number of nitrogens with one attached hydrogen (secondary N) is 1. The molecule has 21 heavy (non-hydrogen) atoms. The second-order valence-electron chi connectivity index (χ2n) is 4.00. The summed E-state index contributed by atoms with van der Waals surface area (Å²) in [6.45, 7) is 0. The van der Waals surface area contributed by atoms with Crippen molar-refractivity contribution in [2.45, 2.75) is 6.04 Å². The van der Waals surface area contributed by atoms with Gasteiger partial charge in [0.05, 0.1) is 12.9 Å². The summed E-state index contributed by atoms with van der Waals surface area (Å²) in [7, 11) is 1.50. The summed E-state index contributed by atoms with van der Waals surface area (Å²) in [4.78, 5) is 33.3. The lowest BCUT2D eigenvalue weighted by atomic mass is 10.2. The SMILES string of the molecule is COc1ccc(C(=O)NC(CSCC(=O)O)C(=O)O)cc1. The molecule has 0 bridgehead atoms. The van der Waals surface area contributed by atoms with Gasteiger partial charge in [0.25, 0.3) is 5.91 Å². The van der Waals surface area contributed by atoms with Gasteiger partial charge in [-0.15, -0.1) is 11.8 Å². The number of thioether (sulfide) groups is 1. The summed E-state index contributed by atoms with van der Waals surface area (Å²) in [5, 5.41) is 19.9. The van der Waals surface area contributed by atoms with E-state index in [1.807, 2.05) is 0 Å². The van der Waals surface area contributed by atoms with Crippen molar-refractivity contribution >= 4 is 29.6 Å². The number of amides is 1. The van der Waals surface area contributed by atoms with E-state index in [-0.39, 0.29) is 11.5 Å². The molecule has 1 rings (SSSR count). The molecule has 8 heteroatoms. The first kappa shape index (κ1) is 16.8. The van der Waals surface area contributed by atoms with E-state index in [0.717, 1.165) is 11.8 Å². The van der Waals surface area contributed by atoms with Crippen molar-refractivity contribution in [3.05, 3.63) is 29.8 Å². The predicted octanol–water partition coefficient (Wildman–Crippen LogP) is 0.696. The zero-order valence-electron chi connectivity index (χ0n) is 11.2. The van der Waals surface area contributed by atoms with Crippen LogP contribution in [0.5, 0.6) is 5.75 Å². The number of hydrogen-bond donors (Lipinski definition) is 3. The molecule has 0 saturated heterocycles. The van der Waals surface area contributed by atoms with Crippen molar-refractivity contribution in [2.24, 2.45) is 0 Å². The van der Waals surface area contributed by atoms with Gasteiger partial charge in [-0.25, -0.2) is 4.79 Å². The van der Waals surface area contributed by atoms with Gasteiger partial charge in [-0.3, -0.25) is 9.59 Å². The Balaban J connectivity index is 2.62. The fourth-order valence-electron chi connectivity index (χ4n) is 1.42. The van der Waals surface area contributed by atoms with Crippen LogP contribution in [0, 0.1) is 0 Å². The number of ether oxygens (including phenoxy) is 1. The topological polar surface area (TPSA) is 113 Å². The highest BCUT2D eigenvalue weighted by Crippen LogP contribution is 2.11. The third-order valence-corrected chi connectivity index (χ3v) is 3.49. The highest BCUT2D eigenvalue weighted by atomic mass is 32.2. The molecule has 1 aromatic carbocycles. The number of aliphatic carboxylic acids is 2. The normalized spacial score (nSPS) is 11.5. The van der Waals surface area contributed by atoms with E-state index in [1.54, 1.807) is 12.1 Å². The van der Waals surface area contributed by atoms with Gasteiger partial charge in [-0.2, -0.15) is 0 Å². The Hall–Kier alpha value is -2.22. The molecule has 0 aliphatic rings. The van der Waals surface area contributed by atoms with Gasteiger partial charge in [0.15, 0.2) is 0 Å². The van der Waals surface area contributed by atoms with Crippen molar-refractivity contribution in [3.8, 4) is 5.75 Å². The molecule has 0 radical (unpaired) electrons. The molecule has 0 fully saturated rings. The maximum Gasteiger partial charge on any atom is 0.327 e. The van der Waals surface area contributed by atoms with Crippen molar-refractivity contribution in [2.75, 3.05) is 18.6 Å². The van der Waals surface area contributed by atoms with Gasteiger partial charge < -0.3 is 20.3 Å². The summed E-state index contributed by atoms with van der Waals surface area (Å²) < 4.78 is 4.96. The minimum absolute atomic E-state index is 0.0243. The monoisotopic (exact) mass is 313 g/mol. The number of carboxylic acids is 2. The molecule has 1 atom stereocenters. The number of benzene rings is 1. The summed E-state index contributed by atoms with van der Waals surface area (Å²) in [6.07, 6.45) is 0. The van der Waals surface area contributed by atoms with Crippen LogP contribution in [0.4, 0.5) is 0 Å². The lowest BCUT2D eigenvalue weighted by molar-refractivity contribution is -0.138. The van der Waals surface area contributed by atoms with E-state index in [4.69, 9.17) is 14.9 Å². The molecule has 0 aliphatic heterocycles. The van der Waals surface area contributed by atoms with Crippen molar-refractivity contribution < 1.29 is 29.3 Å². The fraction of sp³-hybridized carbons (Fsp3) is 0.308. The first-order valence-corrected chi connectivity index (χ1v) is 7.06. The van der Waals surface area contributed by atoms with Gasteiger partial charge >= 0.3 is 11.9 Å². The average Bonchev–Trinajstić information content (AvgIpc) is 2.45. The van der Waals surface area contributed by atoms with Gasteiger partial charge in [0.2, 0.25) is 0 Å². The number of methoxy groups -OCH3 is 1. The molecule has 0 saturated carbocycles. The van der Waals surface area contributed by atoms with E-state index >= 15 is 0 Å². The average molecular weight is 313 g/mol. The lowest BCUT2D eigenvalue weighted by Gasteiger charge is -2.14. The minimum atomic E-state index is -1.21. The summed E-state index contributed by atoms with van der Waals surface area (Å²) in [5.41, 5.74) is 0.297. The molecule has 1 amide bonds. The zero-order valence-corrected chi connectivity index (χ0v) is 12.1. The van der Waals surface area contributed by atoms with Gasteiger partial charge in [0.1, 0.15) is 11.8 Å². The van der Waals surface area contributed by atoms with Crippen LogP contribution in [-0.2, 0) is 9.59 Å². The first-order chi connectivity index (χ1) is 9.93. The molecular formula is C13H15NO6S. The van der Waals surface area contributed by atoms with Gasteiger partial charge in [-0.1, -0.05) is 0 Å². The van der Waals surface area contributed by atoms with Crippen LogP contribution in [0.3, 0.4) is 0 Å². The fourth-order valence-corrected chi connectivity index (χ4v) is 2.18. The molecular weight excluding hydrogens is 298 g/mol. The minimum Gasteiger partial charge on any atom is -0.497 e. The first-order valence-electron chi connectivity index (χ1n) is 5.91. The van der Waals surface area contributed by atoms with Crippen LogP contribution in [0.1, 0.15) is 10.4 Å². The second-order valence-corrected chi connectivity index (χ2v) is 5.03. The van der Waals surface area contributed by atoms with Crippen molar-refractivity contribution in [3.63, 3.8) is 0 Å². The summed E-state index contributed by atoms with van der Waals surface area (Å²) in [5.74, 6) is -2.45. The Morgan fingerprint density at radius 2 is 1.86 bits per heavy atom. The van der Waals surface area contributed by atoms with Gasteiger partial charge in [0, 0.05) is 11.3 Å². The molecule has 0 aromatic heterocycles. The van der Waals surface area contributed by atoms with Gasteiger partial charge in [-0.05, 0) is 24.3 Å². The van der Waals surface area contributed by atoms with Crippen LogP contribution >= 0.6 is 11.8 Å². The molecule has 3 N–H and O–H groups in total. The predicted molar refractivity (Wildman–Crippen MR) is 76.8 cm³/mol. The lowest BCUT2D eigenvalue weighted by Crippen LogP contribution is -2.42. The Morgan fingerprint density at radius 1 is 1.24 bits per heavy atom. The molecule has 0 aliphatic carbocycles. The number of carboxylic acid groups (broad SMARTS) is 2. The largest absolute Gasteiger partial charge is 0.497 e. The van der Waals surface area contributed by atoms with E-state index in [9.17, 15) is 14.4 Å². The standard InChI is InChI=1S/C13H15NO6S/c1-20-9-4-2-8(3-5-9)12(17)14-10(13(18)19)6-21-7-11(15)16/h2-5,10H,6-7H2,1H3,(H,14,17)(H,15,16)(H,18,19). The third kappa shape index (κ3) is 5.74. The van der Waals surface area contributed by atoms with Crippen LogP contribution < -0.4 is 10.1 Å². The smallest absolute Gasteiger partial charge is 0.327 e. The maximum atomic E-state index is 11.9. The molecule has 1 unspecified atom stereocenters. The zero-order chi connectivity index (χ0) is 15.8. The molecule has 114 valence electrons. The highest BCUT2D eigenvalue weighted by molar-refractivity contribution is 8.00. The number of carbonyl (C=O) groups is 3. The quantitative estimate of drug-likeness (QED) is 0.647. The Kier molecular flexibility index (Phi) is 6.54. The Morgan fingerprint density at radius 3 is 2.33 bits per heavy atom. The van der Waals surface area contributed by atoms with E-state index in [0.29, 0.717) is 11.3 Å². The van der Waals surface area contributed by atoms with Crippen molar-refractivity contribution in [1.82, 2.24) is 5.32 Å². The summed E-state index contributed by atoms with van der Waals surface area (Å²) in [6, 6.07) is 5.05. The highest BCUT2D eigenvalue weighted by Gasteiger charge is 2.21. The third-order valence-electron chi connectivity index (χ3n) is 2.47.